The first-order chi connectivity index (χ1) is 13.6. The van der Waals surface area contributed by atoms with Crippen LogP contribution in [0.2, 0.25) is 0 Å². The molecule has 0 spiro atoms. The molecule has 0 saturated heterocycles. The summed E-state index contributed by atoms with van der Waals surface area (Å²) >= 11 is 0. The van der Waals surface area contributed by atoms with E-state index >= 15 is 0 Å². The molecule has 0 amide bonds. The molecule has 1 aromatic heterocycles. The normalized spacial score (nSPS) is 22.4. The first kappa shape index (κ1) is 18.3. The van der Waals surface area contributed by atoms with E-state index < -0.39 is 11.6 Å². The van der Waals surface area contributed by atoms with Crippen LogP contribution < -0.4 is 0 Å². The molecule has 1 aromatic carbocycles. The van der Waals surface area contributed by atoms with Gasteiger partial charge in [-0.3, -0.25) is 9.58 Å². The number of fused-ring (bicyclic) bond motifs is 1. The lowest BCUT2D eigenvalue weighted by Gasteiger charge is -2.32. The second-order valence-electron chi connectivity index (χ2n) is 8.80. The van der Waals surface area contributed by atoms with Gasteiger partial charge in [0.25, 0.3) is 0 Å². The minimum atomic E-state index is -0.794. The predicted molar refractivity (Wildman–Crippen MR) is 102 cm³/mol. The standard InChI is InChI=1S/C22H27F2N3O/c23-20-6-5-17(7-21(20)24)8-26-10-18-12-27(9-15-1-2-15)25-22(18)19(11-26)14-28-13-16-3-4-16/h5-7,12,15-16,19H,1-4,8-11,13-14H2. The molecule has 0 radical (unpaired) electrons. The van der Waals surface area contributed by atoms with Crippen molar-refractivity contribution in [1.82, 2.24) is 14.7 Å². The maximum Gasteiger partial charge on any atom is 0.159 e. The third-order valence-corrected chi connectivity index (χ3v) is 6.03. The zero-order valence-electron chi connectivity index (χ0n) is 16.1. The number of aromatic nitrogens is 2. The second kappa shape index (κ2) is 7.56. The number of halogens is 2. The van der Waals surface area contributed by atoms with Gasteiger partial charge in [-0.25, -0.2) is 8.78 Å². The number of nitrogens with zero attached hydrogens (tertiary/aromatic N) is 3. The Kier molecular flexibility index (Phi) is 4.93. The highest BCUT2D eigenvalue weighted by molar-refractivity contribution is 5.26. The molecule has 3 aliphatic rings. The fraction of sp³-hybridized carbons (Fsp3) is 0.591. The fourth-order valence-corrected chi connectivity index (χ4v) is 4.12. The average molecular weight is 387 g/mol. The summed E-state index contributed by atoms with van der Waals surface area (Å²) in [6, 6.07) is 4.19. The third kappa shape index (κ3) is 4.28. The Hall–Kier alpha value is -1.79. The third-order valence-electron chi connectivity index (χ3n) is 6.03. The molecule has 1 aliphatic heterocycles. The molecule has 0 bridgehead atoms. The lowest BCUT2D eigenvalue weighted by molar-refractivity contribution is 0.0881. The number of hydrogen-bond acceptors (Lipinski definition) is 3. The molecular weight excluding hydrogens is 360 g/mol. The molecule has 4 nitrogen and oxygen atoms in total. The summed E-state index contributed by atoms with van der Waals surface area (Å²) in [6.07, 6.45) is 7.36. The first-order valence-corrected chi connectivity index (χ1v) is 10.4. The summed E-state index contributed by atoms with van der Waals surface area (Å²) < 4.78 is 35.0. The molecule has 2 aromatic rings. The van der Waals surface area contributed by atoms with Gasteiger partial charge < -0.3 is 4.74 Å². The van der Waals surface area contributed by atoms with E-state index in [0.29, 0.717) is 13.2 Å². The van der Waals surface area contributed by atoms with Crippen LogP contribution in [0.25, 0.3) is 0 Å². The van der Waals surface area contributed by atoms with Crippen molar-refractivity contribution in [3.63, 3.8) is 0 Å². The lowest BCUT2D eigenvalue weighted by Crippen LogP contribution is -2.35. The Bertz CT molecular complexity index is 844. The van der Waals surface area contributed by atoms with Crippen LogP contribution >= 0.6 is 0 Å². The van der Waals surface area contributed by atoms with Crippen molar-refractivity contribution in [2.24, 2.45) is 11.8 Å². The second-order valence-corrected chi connectivity index (χ2v) is 8.80. The van der Waals surface area contributed by atoms with Gasteiger partial charge in [-0.2, -0.15) is 5.10 Å². The summed E-state index contributed by atoms with van der Waals surface area (Å²) in [4.78, 5) is 2.29. The molecule has 1 unspecified atom stereocenters. The van der Waals surface area contributed by atoms with E-state index in [2.05, 4.69) is 15.8 Å². The number of benzene rings is 1. The highest BCUT2D eigenvalue weighted by Gasteiger charge is 2.31. The van der Waals surface area contributed by atoms with Crippen molar-refractivity contribution >= 4 is 0 Å². The van der Waals surface area contributed by atoms with Crippen LogP contribution in [0, 0.1) is 23.5 Å². The SMILES string of the molecule is Fc1ccc(CN2Cc3cn(CC4CC4)nc3C(COCC3CC3)C2)cc1F. The summed E-state index contributed by atoms with van der Waals surface area (Å²) in [6.45, 7) is 4.75. The molecular formula is C22H27F2N3O. The highest BCUT2D eigenvalue weighted by Crippen LogP contribution is 2.34. The van der Waals surface area contributed by atoms with Gasteiger partial charge in [-0.05, 0) is 55.2 Å². The zero-order chi connectivity index (χ0) is 19.1. The van der Waals surface area contributed by atoms with Gasteiger partial charge in [0, 0.05) is 50.5 Å². The Balaban J connectivity index is 1.31. The van der Waals surface area contributed by atoms with Gasteiger partial charge >= 0.3 is 0 Å². The van der Waals surface area contributed by atoms with Crippen molar-refractivity contribution in [3.8, 4) is 0 Å². The van der Waals surface area contributed by atoms with Crippen molar-refractivity contribution < 1.29 is 13.5 Å². The van der Waals surface area contributed by atoms with E-state index in [1.165, 1.54) is 43.4 Å². The molecule has 6 heteroatoms. The first-order valence-electron chi connectivity index (χ1n) is 10.4. The van der Waals surface area contributed by atoms with Gasteiger partial charge in [0.15, 0.2) is 11.6 Å². The van der Waals surface area contributed by atoms with E-state index in [-0.39, 0.29) is 5.92 Å². The molecule has 2 fully saturated rings. The van der Waals surface area contributed by atoms with E-state index in [9.17, 15) is 8.78 Å². The Morgan fingerprint density at radius 1 is 1.04 bits per heavy atom. The maximum atomic E-state index is 13.6. The largest absolute Gasteiger partial charge is 0.380 e. The Labute approximate surface area is 164 Å². The lowest BCUT2D eigenvalue weighted by atomic mass is 9.97. The van der Waals surface area contributed by atoms with E-state index in [0.717, 1.165) is 49.3 Å². The van der Waals surface area contributed by atoms with E-state index in [4.69, 9.17) is 9.84 Å². The molecule has 150 valence electrons. The zero-order valence-corrected chi connectivity index (χ0v) is 16.1. The number of ether oxygens (including phenoxy) is 1. The molecule has 2 heterocycles. The Morgan fingerprint density at radius 2 is 1.86 bits per heavy atom. The van der Waals surface area contributed by atoms with Gasteiger partial charge in [0.1, 0.15) is 0 Å². The average Bonchev–Trinajstić information content (AvgIpc) is 3.58. The van der Waals surface area contributed by atoms with Crippen molar-refractivity contribution in [2.45, 2.75) is 51.2 Å². The van der Waals surface area contributed by atoms with Gasteiger partial charge in [0.05, 0.1) is 12.3 Å². The molecule has 1 atom stereocenters. The predicted octanol–water partition coefficient (Wildman–Crippen LogP) is 4.10. The van der Waals surface area contributed by atoms with Gasteiger partial charge in [-0.1, -0.05) is 6.07 Å². The van der Waals surface area contributed by atoms with Crippen LogP contribution in [-0.2, 0) is 24.4 Å². The van der Waals surface area contributed by atoms with Gasteiger partial charge in [0.2, 0.25) is 0 Å². The molecule has 2 saturated carbocycles. The smallest absolute Gasteiger partial charge is 0.159 e. The molecule has 2 aliphatic carbocycles. The summed E-state index contributed by atoms with van der Waals surface area (Å²) in [7, 11) is 0. The van der Waals surface area contributed by atoms with E-state index in [1.807, 2.05) is 0 Å². The van der Waals surface area contributed by atoms with Crippen LogP contribution in [-0.4, -0.2) is 34.4 Å². The van der Waals surface area contributed by atoms with Crippen molar-refractivity contribution in [1.29, 1.82) is 0 Å². The quantitative estimate of drug-likeness (QED) is 0.683. The summed E-state index contributed by atoms with van der Waals surface area (Å²) in [5.41, 5.74) is 3.21. The van der Waals surface area contributed by atoms with Crippen molar-refractivity contribution in [3.05, 3.63) is 52.9 Å². The van der Waals surface area contributed by atoms with E-state index in [1.54, 1.807) is 6.07 Å². The monoisotopic (exact) mass is 387 g/mol. The molecule has 28 heavy (non-hydrogen) atoms. The van der Waals surface area contributed by atoms with Crippen molar-refractivity contribution in [2.75, 3.05) is 19.8 Å². The van der Waals surface area contributed by atoms with Crippen LogP contribution in [0.1, 0.15) is 48.4 Å². The van der Waals surface area contributed by atoms with Crippen LogP contribution in [0.15, 0.2) is 24.4 Å². The molecule has 5 rings (SSSR count). The molecule has 0 N–H and O–H groups in total. The van der Waals surface area contributed by atoms with Gasteiger partial charge in [-0.15, -0.1) is 0 Å². The highest BCUT2D eigenvalue weighted by atomic mass is 19.2. The number of rotatable bonds is 8. The maximum absolute atomic E-state index is 13.6. The van der Waals surface area contributed by atoms with Crippen LogP contribution in [0.3, 0.4) is 0 Å². The topological polar surface area (TPSA) is 30.3 Å². The summed E-state index contributed by atoms with van der Waals surface area (Å²) in [5, 5.41) is 4.89. The van der Waals surface area contributed by atoms with Crippen LogP contribution in [0.4, 0.5) is 8.78 Å². The minimum absolute atomic E-state index is 0.230. The van der Waals surface area contributed by atoms with Crippen LogP contribution in [0.5, 0.6) is 0 Å². The summed E-state index contributed by atoms with van der Waals surface area (Å²) in [5.74, 6) is 0.181. The Morgan fingerprint density at radius 3 is 2.61 bits per heavy atom. The number of hydrogen-bond donors (Lipinski definition) is 0. The fourth-order valence-electron chi connectivity index (χ4n) is 4.12. The minimum Gasteiger partial charge on any atom is -0.380 e.